The van der Waals surface area contributed by atoms with Gasteiger partial charge in [-0.3, -0.25) is 9.59 Å². The second kappa shape index (κ2) is 17.4. The van der Waals surface area contributed by atoms with Gasteiger partial charge in [0, 0.05) is 19.3 Å². The van der Waals surface area contributed by atoms with Gasteiger partial charge >= 0.3 is 23.9 Å². The molecule has 0 bridgehead atoms. The van der Waals surface area contributed by atoms with E-state index in [0.717, 1.165) is 38.5 Å². The van der Waals surface area contributed by atoms with E-state index in [4.69, 9.17) is 29.9 Å². The molecule has 0 unspecified atom stereocenters. The molecule has 0 heterocycles. The Morgan fingerprint density at radius 2 is 0.919 bits per heavy atom. The number of carboxylic acids is 4. The van der Waals surface area contributed by atoms with Crippen molar-refractivity contribution in [2.45, 2.75) is 71.0 Å². The van der Waals surface area contributed by atoms with E-state index in [2.05, 4.69) is 0 Å². The topological polar surface area (TPSA) is 168 Å². The summed E-state index contributed by atoms with van der Waals surface area (Å²) in [4.78, 5) is 41.9. The minimum atomic E-state index is -1.00. The molecule has 0 aliphatic heterocycles. The van der Waals surface area contributed by atoms with Crippen LogP contribution in [0.25, 0.3) is 0 Å². The number of carbonyl (C=O) groups is 4. The van der Waals surface area contributed by atoms with Crippen molar-refractivity contribution < 1.29 is 49.1 Å². The van der Waals surface area contributed by atoms with Gasteiger partial charge in [-0.15, -0.1) is 0 Å². The van der Waals surface area contributed by atoms with Crippen molar-refractivity contribution in [1.29, 1.82) is 0 Å². The fourth-order valence-electron chi connectivity index (χ4n) is 3.11. The van der Waals surface area contributed by atoms with Crippen molar-refractivity contribution in [3.63, 3.8) is 0 Å². The van der Waals surface area contributed by atoms with E-state index in [-0.39, 0.29) is 24.0 Å². The number of hydrogen-bond donors (Lipinski definition) is 4. The average Bonchev–Trinajstić information content (AvgIpc) is 2.86. The van der Waals surface area contributed by atoms with Gasteiger partial charge in [-0.25, -0.2) is 9.59 Å². The number of hydrogen-bond acceptors (Lipinski definition) is 6. The molecule has 0 radical (unpaired) electrons. The molecule has 0 amide bonds. The first-order valence-corrected chi connectivity index (χ1v) is 12.1. The standard InChI is InChI=1S/C17H16O6.C10H18O4/c1-2-15(22-13-7-3-11(4-8-13)16(18)19)23-14-9-5-12(6-10-14)17(20)21;11-9(12)7-5-3-1-2-4-6-8-10(13)14/h3-10,15H,2H2,1H3,(H,18,19)(H,20,21);1-8H2,(H,11,12)(H,13,14). The number of ether oxygens (including phenoxy) is 2. The van der Waals surface area contributed by atoms with Crippen molar-refractivity contribution in [3.05, 3.63) is 59.7 Å². The Morgan fingerprint density at radius 1 is 0.595 bits per heavy atom. The molecule has 0 fully saturated rings. The molecule has 0 saturated carbocycles. The molecule has 0 spiro atoms. The van der Waals surface area contributed by atoms with E-state index in [1.807, 2.05) is 6.92 Å². The van der Waals surface area contributed by atoms with Crippen molar-refractivity contribution in [1.82, 2.24) is 0 Å². The molecular formula is C27H34O10. The average molecular weight is 519 g/mol. The van der Waals surface area contributed by atoms with Gasteiger partial charge in [-0.05, 0) is 61.4 Å². The van der Waals surface area contributed by atoms with Crippen molar-refractivity contribution in [2.75, 3.05) is 0 Å². The summed E-state index contributed by atoms with van der Waals surface area (Å²) in [5, 5.41) is 34.4. The van der Waals surface area contributed by atoms with Crippen molar-refractivity contribution in [3.8, 4) is 11.5 Å². The van der Waals surface area contributed by atoms with Gasteiger partial charge in [0.25, 0.3) is 0 Å². The van der Waals surface area contributed by atoms with E-state index >= 15 is 0 Å². The third-order valence-corrected chi connectivity index (χ3v) is 5.10. The Bertz CT molecular complexity index is 904. The monoisotopic (exact) mass is 518 g/mol. The van der Waals surface area contributed by atoms with Gasteiger partial charge in [0.15, 0.2) is 0 Å². The summed E-state index contributed by atoms with van der Waals surface area (Å²) in [6.07, 6.45) is 5.81. The fourth-order valence-corrected chi connectivity index (χ4v) is 3.11. The van der Waals surface area contributed by atoms with Crippen molar-refractivity contribution >= 4 is 23.9 Å². The lowest BCUT2D eigenvalue weighted by Crippen LogP contribution is -2.22. The first-order chi connectivity index (χ1) is 17.6. The SMILES string of the molecule is CCC(Oc1ccc(C(=O)O)cc1)Oc1ccc(C(=O)O)cc1.O=C(O)CCCCCCCCC(=O)O. The summed E-state index contributed by atoms with van der Waals surface area (Å²) < 4.78 is 11.3. The van der Waals surface area contributed by atoms with E-state index in [1.165, 1.54) is 24.3 Å². The predicted molar refractivity (Wildman–Crippen MR) is 134 cm³/mol. The smallest absolute Gasteiger partial charge is 0.335 e. The summed E-state index contributed by atoms with van der Waals surface area (Å²) >= 11 is 0. The zero-order valence-corrected chi connectivity index (χ0v) is 20.8. The molecular weight excluding hydrogens is 484 g/mol. The van der Waals surface area contributed by atoms with Gasteiger partial charge in [0.2, 0.25) is 6.29 Å². The molecule has 0 aliphatic carbocycles. The van der Waals surface area contributed by atoms with Crippen LogP contribution in [0.15, 0.2) is 48.5 Å². The summed E-state index contributed by atoms with van der Waals surface area (Å²) in [7, 11) is 0. The lowest BCUT2D eigenvalue weighted by molar-refractivity contribution is -0.138. The highest BCUT2D eigenvalue weighted by molar-refractivity contribution is 5.88. The number of benzene rings is 2. The second-order valence-corrected chi connectivity index (χ2v) is 8.14. The molecule has 2 aromatic carbocycles. The van der Waals surface area contributed by atoms with Crippen LogP contribution in [-0.2, 0) is 9.59 Å². The van der Waals surface area contributed by atoms with E-state index < -0.39 is 30.2 Å². The molecule has 10 heteroatoms. The molecule has 202 valence electrons. The van der Waals surface area contributed by atoms with Crippen LogP contribution in [0.3, 0.4) is 0 Å². The van der Waals surface area contributed by atoms with Crippen LogP contribution in [0, 0.1) is 0 Å². The number of carboxylic acid groups (broad SMARTS) is 4. The maximum atomic E-state index is 10.8. The summed E-state index contributed by atoms with van der Waals surface area (Å²) in [5.74, 6) is -2.50. The first-order valence-electron chi connectivity index (χ1n) is 12.1. The van der Waals surface area contributed by atoms with Crippen LogP contribution in [0.4, 0.5) is 0 Å². The summed E-state index contributed by atoms with van der Waals surface area (Å²) in [6.45, 7) is 1.88. The van der Waals surface area contributed by atoms with Gasteiger partial charge in [0.1, 0.15) is 11.5 Å². The first kappa shape index (κ1) is 31.0. The van der Waals surface area contributed by atoms with Gasteiger partial charge < -0.3 is 29.9 Å². The number of unbranched alkanes of at least 4 members (excludes halogenated alkanes) is 5. The molecule has 2 rings (SSSR count). The van der Waals surface area contributed by atoms with E-state index in [1.54, 1.807) is 24.3 Å². The predicted octanol–water partition coefficient (Wildman–Crippen LogP) is 5.55. The zero-order chi connectivity index (χ0) is 27.6. The Balaban J connectivity index is 0.000000422. The third kappa shape index (κ3) is 14.2. The van der Waals surface area contributed by atoms with Gasteiger partial charge in [-0.2, -0.15) is 0 Å². The maximum absolute atomic E-state index is 10.8. The molecule has 2 aromatic rings. The van der Waals surface area contributed by atoms with Crippen molar-refractivity contribution in [2.24, 2.45) is 0 Å². The summed E-state index contributed by atoms with van der Waals surface area (Å²) in [5.41, 5.74) is 0.353. The maximum Gasteiger partial charge on any atom is 0.335 e. The zero-order valence-electron chi connectivity index (χ0n) is 20.8. The molecule has 0 atom stereocenters. The van der Waals surface area contributed by atoms with Crippen LogP contribution >= 0.6 is 0 Å². The summed E-state index contributed by atoms with van der Waals surface area (Å²) in [6, 6.07) is 12.0. The Labute approximate surface area is 215 Å². The van der Waals surface area contributed by atoms with Crippen LogP contribution in [0.5, 0.6) is 11.5 Å². The van der Waals surface area contributed by atoms with Crippen LogP contribution < -0.4 is 9.47 Å². The minimum absolute atomic E-state index is 0.176. The highest BCUT2D eigenvalue weighted by atomic mass is 16.7. The van der Waals surface area contributed by atoms with Crippen LogP contribution in [-0.4, -0.2) is 50.6 Å². The number of aliphatic carboxylic acids is 2. The highest BCUT2D eigenvalue weighted by Gasteiger charge is 2.12. The van der Waals surface area contributed by atoms with Crippen LogP contribution in [0.2, 0.25) is 0 Å². The number of aromatic carboxylic acids is 2. The third-order valence-electron chi connectivity index (χ3n) is 5.10. The molecule has 0 saturated heterocycles. The number of rotatable bonds is 16. The lowest BCUT2D eigenvalue weighted by atomic mass is 10.1. The quantitative estimate of drug-likeness (QED) is 0.163. The Hall–Kier alpha value is -4.08. The molecule has 37 heavy (non-hydrogen) atoms. The Kier molecular flexibility index (Phi) is 14.5. The molecule has 10 nitrogen and oxygen atoms in total. The Morgan fingerprint density at radius 3 is 1.19 bits per heavy atom. The van der Waals surface area contributed by atoms with Gasteiger partial charge in [-0.1, -0.05) is 32.6 Å². The molecule has 4 N–H and O–H groups in total. The highest BCUT2D eigenvalue weighted by Crippen LogP contribution is 2.19. The van der Waals surface area contributed by atoms with E-state index in [9.17, 15) is 19.2 Å². The second-order valence-electron chi connectivity index (χ2n) is 8.14. The van der Waals surface area contributed by atoms with Gasteiger partial charge in [0.05, 0.1) is 11.1 Å². The molecule has 0 aromatic heterocycles. The minimum Gasteiger partial charge on any atom is -0.481 e. The largest absolute Gasteiger partial charge is 0.481 e. The lowest BCUT2D eigenvalue weighted by Gasteiger charge is -2.19. The van der Waals surface area contributed by atoms with E-state index in [0.29, 0.717) is 17.9 Å². The fraction of sp³-hybridized carbons (Fsp3) is 0.407. The molecule has 0 aliphatic rings. The van der Waals surface area contributed by atoms with Crippen LogP contribution in [0.1, 0.15) is 85.4 Å². The normalized spacial score (nSPS) is 10.2.